The number of benzene rings is 1. The molecule has 0 aliphatic carbocycles. The number of anilines is 1. The average molecular weight is 257 g/mol. The summed E-state index contributed by atoms with van der Waals surface area (Å²) in [6.07, 6.45) is 3.86. The lowest BCUT2D eigenvalue weighted by atomic mass is 10.2. The van der Waals surface area contributed by atoms with Crippen molar-refractivity contribution >= 4 is 22.5 Å². The van der Waals surface area contributed by atoms with Gasteiger partial charge in [-0.25, -0.2) is 0 Å². The van der Waals surface area contributed by atoms with Gasteiger partial charge in [-0.2, -0.15) is 0 Å². The van der Waals surface area contributed by atoms with Gasteiger partial charge in [-0.3, -0.25) is 9.78 Å². The number of amides is 1. The van der Waals surface area contributed by atoms with Crippen molar-refractivity contribution in [1.82, 2.24) is 10.3 Å². The fourth-order valence-electron chi connectivity index (χ4n) is 1.89. The van der Waals surface area contributed by atoms with Gasteiger partial charge in [-0.15, -0.1) is 0 Å². The van der Waals surface area contributed by atoms with Gasteiger partial charge >= 0.3 is 0 Å². The van der Waals surface area contributed by atoms with Crippen LogP contribution in [0.4, 0.5) is 5.69 Å². The Kier molecular flexibility index (Phi) is 4.72. The minimum atomic E-state index is 0.0152. The highest BCUT2D eigenvalue weighted by molar-refractivity contribution is 5.91. The zero-order chi connectivity index (χ0) is 13.5. The lowest BCUT2D eigenvalue weighted by Gasteiger charge is -2.09. The standard InChI is InChI=1S/C15H19N3O/c1-2-3-9-16-14(19)11-18-13-8-4-6-12-7-5-10-17-15(12)13/h4-8,10,18H,2-3,9,11H2,1H3,(H,16,19). The third-order valence-electron chi connectivity index (χ3n) is 2.92. The van der Waals surface area contributed by atoms with Crippen molar-refractivity contribution in [2.75, 3.05) is 18.4 Å². The zero-order valence-electron chi connectivity index (χ0n) is 11.1. The van der Waals surface area contributed by atoms with Gasteiger partial charge in [0, 0.05) is 18.1 Å². The van der Waals surface area contributed by atoms with Gasteiger partial charge < -0.3 is 10.6 Å². The SMILES string of the molecule is CCCCNC(=O)CNc1cccc2cccnc12. The molecule has 2 rings (SSSR count). The normalized spacial score (nSPS) is 10.4. The molecule has 1 heterocycles. The number of carbonyl (C=O) groups excluding carboxylic acids is 1. The molecule has 0 radical (unpaired) electrons. The van der Waals surface area contributed by atoms with Gasteiger partial charge in [0.25, 0.3) is 0 Å². The summed E-state index contributed by atoms with van der Waals surface area (Å²) >= 11 is 0. The molecule has 0 atom stereocenters. The Morgan fingerprint density at radius 2 is 2.11 bits per heavy atom. The highest BCUT2D eigenvalue weighted by atomic mass is 16.1. The molecule has 0 saturated heterocycles. The Bertz CT molecular complexity index is 549. The molecule has 0 fully saturated rings. The van der Waals surface area contributed by atoms with Gasteiger partial charge in [0.05, 0.1) is 17.7 Å². The minimum absolute atomic E-state index is 0.0152. The van der Waals surface area contributed by atoms with E-state index in [1.165, 1.54) is 0 Å². The summed E-state index contributed by atoms with van der Waals surface area (Å²) in [5.41, 5.74) is 1.79. The van der Waals surface area contributed by atoms with E-state index < -0.39 is 0 Å². The first-order valence-electron chi connectivity index (χ1n) is 6.65. The summed E-state index contributed by atoms with van der Waals surface area (Å²) in [5.74, 6) is 0.0152. The zero-order valence-corrected chi connectivity index (χ0v) is 11.1. The maximum Gasteiger partial charge on any atom is 0.239 e. The molecule has 0 saturated carbocycles. The van der Waals surface area contributed by atoms with Gasteiger partial charge in [-0.05, 0) is 18.6 Å². The summed E-state index contributed by atoms with van der Waals surface area (Å²) in [6, 6.07) is 9.82. The van der Waals surface area contributed by atoms with Crippen LogP contribution in [-0.2, 0) is 4.79 Å². The Hall–Kier alpha value is -2.10. The molecule has 0 aliphatic rings. The molecule has 0 unspecified atom stereocenters. The van der Waals surface area contributed by atoms with E-state index in [0.29, 0.717) is 0 Å². The fourth-order valence-corrected chi connectivity index (χ4v) is 1.89. The van der Waals surface area contributed by atoms with Crippen LogP contribution in [0.1, 0.15) is 19.8 Å². The first kappa shape index (κ1) is 13.3. The van der Waals surface area contributed by atoms with E-state index in [2.05, 4.69) is 22.5 Å². The molecular formula is C15H19N3O. The first-order valence-corrected chi connectivity index (χ1v) is 6.65. The van der Waals surface area contributed by atoms with Crippen LogP contribution in [0.2, 0.25) is 0 Å². The van der Waals surface area contributed by atoms with Crippen molar-refractivity contribution in [2.24, 2.45) is 0 Å². The smallest absolute Gasteiger partial charge is 0.239 e. The van der Waals surface area contributed by atoms with E-state index in [4.69, 9.17) is 0 Å². The van der Waals surface area contributed by atoms with E-state index in [-0.39, 0.29) is 12.5 Å². The number of fused-ring (bicyclic) bond motifs is 1. The van der Waals surface area contributed by atoms with Gasteiger partial charge in [0.2, 0.25) is 5.91 Å². The summed E-state index contributed by atoms with van der Waals surface area (Å²) in [5, 5.41) is 7.09. The maximum absolute atomic E-state index is 11.6. The Balaban J connectivity index is 1.96. The molecule has 1 amide bonds. The number of pyridine rings is 1. The number of nitrogens with zero attached hydrogens (tertiary/aromatic N) is 1. The first-order chi connectivity index (χ1) is 9.31. The number of para-hydroxylation sites is 1. The lowest BCUT2D eigenvalue weighted by molar-refractivity contribution is -0.119. The highest BCUT2D eigenvalue weighted by Crippen LogP contribution is 2.20. The molecule has 4 heteroatoms. The third kappa shape index (κ3) is 3.68. The number of carbonyl (C=O) groups is 1. The quantitative estimate of drug-likeness (QED) is 0.782. The van der Waals surface area contributed by atoms with Crippen molar-refractivity contribution < 1.29 is 4.79 Å². The molecule has 0 aliphatic heterocycles. The van der Waals surface area contributed by atoms with Crippen molar-refractivity contribution in [1.29, 1.82) is 0 Å². The second kappa shape index (κ2) is 6.73. The van der Waals surface area contributed by atoms with Gasteiger partial charge in [0.15, 0.2) is 0 Å². The van der Waals surface area contributed by atoms with E-state index in [1.807, 2.05) is 30.3 Å². The van der Waals surface area contributed by atoms with E-state index >= 15 is 0 Å². The highest BCUT2D eigenvalue weighted by Gasteiger charge is 2.03. The van der Waals surface area contributed by atoms with Crippen molar-refractivity contribution in [3.63, 3.8) is 0 Å². The number of hydrogen-bond donors (Lipinski definition) is 2. The summed E-state index contributed by atoms with van der Waals surface area (Å²) in [7, 11) is 0. The minimum Gasteiger partial charge on any atom is -0.374 e. The summed E-state index contributed by atoms with van der Waals surface area (Å²) < 4.78 is 0. The summed E-state index contributed by atoms with van der Waals surface area (Å²) in [4.78, 5) is 16.0. The van der Waals surface area contributed by atoms with Crippen LogP contribution in [0.3, 0.4) is 0 Å². The number of rotatable bonds is 6. The molecule has 1 aromatic carbocycles. The number of nitrogens with one attached hydrogen (secondary N) is 2. The molecule has 1 aromatic heterocycles. The van der Waals surface area contributed by atoms with E-state index in [1.54, 1.807) is 6.20 Å². The van der Waals surface area contributed by atoms with Crippen LogP contribution in [0.15, 0.2) is 36.5 Å². The number of aromatic nitrogens is 1. The maximum atomic E-state index is 11.6. The second-order valence-corrected chi connectivity index (χ2v) is 4.44. The van der Waals surface area contributed by atoms with Crippen molar-refractivity contribution in [2.45, 2.75) is 19.8 Å². The molecule has 2 aromatic rings. The van der Waals surface area contributed by atoms with Gasteiger partial charge in [0.1, 0.15) is 0 Å². The topological polar surface area (TPSA) is 54.0 Å². The van der Waals surface area contributed by atoms with Crippen LogP contribution in [-0.4, -0.2) is 24.0 Å². The molecule has 2 N–H and O–H groups in total. The fraction of sp³-hybridized carbons (Fsp3) is 0.333. The van der Waals surface area contributed by atoms with Gasteiger partial charge in [-0.1, -0.05) is 31.5 Å². The summed E-state index contributed by atoms with van der Waals surface area (Å²) in [6.45, 7) is 3.12. The largest absolute Gasteiger partial charge is 0.374 e. The monoisotopic (exact) mass is 257 g/mol. The molecule has 0 bridgehead atoms. The Morgan fingerprint density at radius 1 is 1.26 bits per heavy atom. The van der Waals surface area contributed by atoms with Crippen LogP contribution in [0.5, 0.6) is 0 Å². The van der Waals surface area contributed by atoms with Crippen LogP contribution < -0.4 is 10.6 Å². The Morgan fingerprint density at radius 3 is 2.95 bits per heavy atom. The molecular weight excluding hydrogens is 238 g/mol. The van der Waals surface area contributed by atoms with Crippen LogP contribution in [0.25, 0.3) is 10.9 Å². The van der Waals surface area contributed by atoms with Crippen LogP contribution in [0, 0.1) is 0 Å². The average Bonchev–Trinajstić information content (AvgIpc) is 2.45. The lowest BCUT2D eigenvalue weighted by Crippen LogP contribution is -2.30. The van der Waals surface area contributed by atoms with Crippen molar-refractivity contribution in [3.05, 3.63) is 36.5 Å². The second-order valence-electron chi connectivity index (χ2n) is 4.44. The van der Waals surface area contributed by atoms with E-state index in [9.17, 15) is 4.79 Å². The predicted molar refractivity (Wildman–Crippen MR) is 78.2 cm³/mol. The molecule has 4 nitrogen and oxygen atoms in total. The third-order valence-corrected chi connectivity index (χ3v) is 2.92. The van der Waals surface area contributed by atoms with Crippen LogP contribution >= 0.6 is 0 Å². The van der Waals surface area contributed by atoms with Crippen molar-refractivity contribution in [3.8, 4) is 0 Å². The molecule has 100 valence electrons. The van der Waals surface area contributed by atoms with E-state index in [0.717, 1.165) is 36.0 Å². The Labute approximate surface area is 113 Å². The number of unbranched alkanes of at least 4 members (excludes halogenated alkanes) is 1. The number of hydrogen-bond acceptors (Lipinski definition) is 3. The molecule has 0 spiro atoms. The molecule has 19 heavy (non-hydrogen) atoms. The predicted octanol–water partition coefficient (Wildman–Crippen LogP) is 2.56.